The van der Waals surface area contributed by atoms with Crippen LogP contribution in [0, 0.1) is 0 Å². The predicted molar refractivity (Wildman–Crippen MR) is 77.0 cm³/mol. The number of hydrogen-bond donors (Lipinski definition) is 1. The molecule has 0 aromatic heterocycles. The van der Waals surface area contributed by atoms with Gasteiger partial charge in [-0.3, -0.25) is 9.59 Å². The molecule has 0 saturated carbocycles. The first-order valence-corrected chi connectivity index (χ1v) is 7.22. The Morgan fingerprint density at radius 2 is 2.25 bits per heavy atom. The molecule has 0 bridgehead atoms. The van der Waals surface area contributed by atoms with E-state index in [1.807, 2.05) is 0 Å². The third-order valence-electron chi connectivity index (χ3n) is 2.99. The van der Waals surface area contributed by atoms with Gasteiger partial charge in [0, 0.05) is 23.1 Å². The van der Waals surface area contributed by atoms with Crippen molar-refractivity contribution in [3.8, 4) is 0 Å². The molecule has 5 nitrogen and oxygen atoms in total. The van der Waals surface area contributed by atoms with Crippen LogP contribution in [0.5, 0.6) is 0 Å². The van der Waals surface area contributed by atoms with E-state index in [2.05, 4.69) is 15.9 Å². The van der Waals surface area contributed by atoms with Crippen molar-refractivity contribution in [2.45, 2.75) is 12.5 Å². The number of carboxylic acid groups (broad SMARTS) is 1. The Labute approximate surface area is 129 Å². The molecule has 1 heterocycles. The SMILES string of the molecule is O=C(O)CC1CN(C(=O)c2ccc(Br)c(Cl)c2)CCO1. The van der Waals surface area contributed by atoms with Gasteiger partial charge in [-0.15, -0.1) is 0 Å². The van der Waals surface area contributed by atoms with Crippen molar-refractivity contribution in [3.05, 3.63) is 33.3 Å². The minimum atomic E-state index is -0.934. The zero-order chi connectivity index (χ0) is 14.7. The maximum absolute atomic E-state index is 12.3. The summed E-state index contributed by atoms with van der Waals surface area (Å²) in [7, 11) is 0. The fraction of sp³-hybridized carbons (Fsp3) is 0.385. The minimum absolute atomic E-state index is 0.106. The molecule has 0 radical (unpaired) electrons. The van der Waals surface area contributed by atoms with Crippen LogP contribution < -0.4 is 0 Å². The van der Waals surface area contributed by atoms with E-state index in [4.69, 9.17) is 21.4 Å². The third kappa shape index (κ3) is 3.71. The fourth-order valence-electron chi connectivity index (χ4n) is 2.03. The number of morpholine rings is 1. The number of hydrogen-bond acceptors (Lipinski definition) is 3. The van der Waals surface area contributed by atoms with Gasteiger partial charge in [0.15, 0.2) is 0 Å². The van der Waals surface area contributed by atoms with Gasteiger partial charge in [0.1, 0.15) is 0 Å². The molecular formula is C13H13BrClNO4. The Morgan fingerprint density at radius 1 is 1.50 bits per heavy atom. The van der Waals surface area contributed by atoms with Crippen LogP contribution in [0.3, 0.4) is 0 Å². The zero-order valence-electron chi connectivity index (χ0n) is 10.5. The van der Waals surface area contributed by atoms with Gasteiger partial charge < -0.3 is 14.7 Å². The molecular weight excluding hydrogens is 350 g/mol. The highest BCUT2D eigenvalue weighted by Crippen LogP contribution is 2.24. The molecule has 1 fully saturated rings. The Balaban J connectivity index is 2.08. The number of aliphatic carboxylic acids is 1. The third-order valence-corrected chi connectivity index (χ3v) is 4.23. The molecule has 2 rings (SSSR count). The van der Waals surface area contributed by atoms with E-state index in [0.717, 1.165) is 4.47 Å². The average Bonchev–Trinajstić information content (AvgIpc) is 2.40. The van der Waals surface area contributed by atoms with Crippen molar-refractivity contribution in [1.29, 1.82) is 0 Å². The lowest BCUT2D eigenvalue weighted by Gasteiger charge is -2.32. The van der Waals surface area contributed by atoms with Gasteiger partial charge in [-0.05, 0) is 34.1 Å². The molecule has 7 heteroatoms. The first-order valence-electron chi connectivity index (χ1n) is 6.05. The van der Waals surface area contributed by atoms with Gasteiger partial charge >= 0.3 is 5.97 Å². The first-order chi connectivity index (χ1) is 9.47. The maximum atomic E-state index is 12.3. The predicted octanol–water partition coefficient (Wildman–Crippen LogP) is 2.42. The molecule has 1 N–H and O–H groups in total. The van der Waals surface area contributed by atoms with E-state index < -0.39 is 12.1 Å². The Morgan fingerprint density at radius 3 is 2.90 bits per heavy atom. The summed E-state index contributed by atoms with van der Waals surface area (Å²) in [5.41, 5.74) is 0.481. The lowest BCUT2D eigenvalue weighted by Crippen LogP contribution is -2.46. The highest BCUT2D eigenvalue weighted by molar-refractivity contribution is 9.10. The summed E-state index contributed by atoms with van der Waals surface area (Å²) >= 11 is 9.24. The summed E-state index contributed by atoms with van der Waals surface area (Å²) in [5, 5.41) is 9.23. The van der Waals surface area contributed by atoms with Crippen LogP contribution >= 0.6 is 27.5 Å². The summed E-state index contributed by atoms with van der Waals surface area (Å²) < 4.78 is 6.06. The second kappa shape index (κ2) is 6.56. The van der Waals surface area contributed by atoms with Crippen LogP contribution in [0.15, 0.2) is 22.7 Å². The van der Waals surface area contributed by atoms with E-state index in [0.29, 0.717) is 23.7 Å². The number of benzene rings is 1. The van der Waals surface area contributed by atoms with E-state index >= 15 is 0 Å². The molecule has 1 unspecified atom stereocenters. The smallest absolute Gasteiger partial charge is 0.306 e. The Hall–Kier alpha value is -1.11. The van der Waals surface area contributed by atoms with Crippen molar-refractivity contribution < 1.29 is 19.4 Å². The molecule has 1 saturated heterocycles. The number of halogens is 2. The summed E-state index contributed by atoms with van der Waals surface area (Å²) in [5.74, 6) is -1.10. The quantitative estimate of drug-likeness (QED) is 0.897. The zero-order valence-corrected chi connectivity index (χ0v) is 12.9. The Kier molecular flexibility index (Phi) is 5.01. The van der Waals surface area contributed by atoms with Gasteiger partial charge in [-0.25, -0.2) is 0 Å². The number of amides is 1. The number of carbonyl (C=O) groups is 2. The van der Waals surface area contributed by atoms with Gasteiger partial charge in [0.05, 0.1) is 24.2 Å². The molecule has 1 amide bonds. The number of carboxylic acids is 1. The van der Waals surface area contributed by atoms with Crippen LogP contribution in [0.4, 0.5) is 0 Å². The van der Waals surface area contributed by atoms with Crippen molar-refractivity contribution in [2.24, 2.45) is 0 Å². The molecule has 1 atom stereocenters. The van der Waals surface area contributed by atoms with Gasteiger partial charge in [0.2, 0.25) is 0 Å². The van der Waals surface area contributed by atoms with Crippen molar-refractivity contribution >= 4 is 39.4 Å². The minimum Gasteiger partial charge on any atom is -0.481 e. The summed E-state index contributed by atoms with van der Waals surface area (Å²) in [6.07, 6.45) is -0.568. The Bertz CT molecular complexity index is 537. The van der Waals surface area contributed by atoms with E-state index in [1.54, 1.807) is 23.1 Å². The molecule has 20 heavy (non-hydrogen) atoms. The summed E-state index contributed by atoms with van der Waals surface area (Å²) in [6.45, 7) is 1.06. The van der Waals surface area contributed by atoms with Gasteiger partial charge in [-0.1, -0.05) is 11.6 Å². The van der Waals surface area contributed by atoms with Crippen molar-refractivity contribution in [1.82, 2.24) is 4.90 Å². The molecule has 1 aromatic carbocycles. The first kappa shape index (κ1) is 15.3. The fourth-order valence-corrected chi connectivity index (χ4v) is 2.46. The van der Waals surface area contributed by atoms with Crippen LogP contribution in [-0.2, 0) is 9.53 Å². The van der Waals surface area contributed by atoms with Crippen molar-refractivity contribution in [3.63, 3.8) is 0 Å². The van der Waals surface area contributed by atoms with Gasteiger partial charge in [0.25, 0.3) is 5.91 Å². The monoisotopic (exact) mass is 361 g/mol. The lowest BCUT2D eigenvalue weighted by atomic mass is 10.1. The highest BCUT2D eigenvalue weighted by atomic mass is 79.9. The van der Waals surface area contributed by atoms with Crippen LogP contribution in [-0.4, -0.2) is 47.7 Å². The summed E-state index contributed by atoms with van der Waals surface area (Å²) in [6, 6.07) is 4.99. The number of rotatable bonds is 3. The number of ether oxygens (including phenoxy) is 1. The standard InChI is InChI=1S/C13H13BrClNO4/c14-10-2-1-8(5-11(10)15)13(19)16-3-4-20-9(7-16)6-12(17)18/h1-2,5,9H,3-4,6-7H2,(H,17,18). The summed E-state index contributed by atoms with van der Waals surface area (Å²) in [4.78, 5) is 24.6. The highest BCUT2D eigenvalue weighted by Gasteiger charge is 2.26. The average molecular weight is 363 g/mol. The van der Waals surface area contributed by atoms with Gasteiger partial charge in [-0.2, -0.15) is 0 Å². The molecule has 108 valence electrons. The normalized spacial score (nSPS) is 18.9. The second-order valence-corrected chi connectivity index (χ2v) is 5.73. The van der Waals surface area contributed by atoms with Crippen LogP contribution in [0.1, 0.15) is 16.8 Å². The van der Waals surface area contributed by atoms with E-state index in [1.165, 1.54) is 0 Å². The van der Waals surface area contributed by atoms with Crippen molar-refractivity contribution in [2.75, 3.05) is 19.7 Å². The maximum Gasteiger partial charge on any atom is 0.306 e. The van der Waals surface area contributed by atoms with Crippen LogP contribution in [0.25, 0.3) is 0 Å². The molecule has 1 aliphatic rings. The molecule has 1 aliphatic heterocycles. The number of carbonyl (C=O) groups excluding carboxylic acids is 1. The topological polar surface area (TPSA) is 66.8 Å². The molecule has 0 aliphatic carbocycles. The lowest BCUT2D eigenvalue weighted by molar-refractivity contribution is -0.141. The van der Waals surface area contributed by atoms with Crippen LogP contribution in [0.2, 0.25) is 5.02 Å². The second-order valence-electron chi connectivity index (χ2n) is 4.47. The number of nitrogens with zero attached hydrogens (tertiary/aromatic N) is 1. The molecule has 0 spiro atoms. The van der Waals surface area contributed by atoms with E-state index in [-0.39, 0.29) is 18.9 Å². The molecule has 1 aromatic rings. The largest absolute Gasteiger partial charge is 0.481 e. The van der Waals surface area contributed by atoms with E-state index in [9.17, 15) is 9.59 Å².